The van der Waals surface area contributed by atoms with Crippen molar-refractivity contribution in [3.63, 3.8) is 0 Å². The van der Waals surface area contributed by atoms with Gasteiger partial charge in [-0.3, -0.25) is 4.79 Å². The summed E-state index contributed by atoms with van der Waals surface area (Å²) in [5.74, 6) is 1.52. The molecule has 0 aromatic heterocycles. The number of fused-ring (bicyclic) bond motifs is 1. The Morgan fingerprint density at radius 2 is 2.16 bits per heavy atom. The highest BCUT2D eigenvalue weighted by molar-refractivity contribution is 9.09. The third-order valence-corrected chi connectivity index (χ3v) is 5.60. The van der Waals surface area contributed by atoms with Gasteiger partial charge in [-0.1, -0.05) is 67.9 Å². The molecule has 0 aliphatic heterocycles. The van der Waals surface area contributed by atoms with Crippen LogP contribution in [0, 0.1) is 23.2 Å². The van der Waals surface area contributed by atoms with Gasteiger partial charge in [-0.2, -0.15) is 0 Å². The van der Waals surface area contributed by atoms with E-state index in [9.17, 15) is 4.79 Å². The van der Waals surface area contributed by atoms with Gasteiger partial charge in [-0.25, -0.2) is 0 Å². The Balaban J connectivity index is 0.000000861. The van der Waals surface area contributed by atoms with Crippen molar-refractivity contribution in [2.24, 2.45) is 23.2 Å². The first-order valence-electron chi connectivity index (χ1n) is 7.42. The Labute approximate surface area is 126 Å². The summed E-state index contributed by atoms with van der Waals surface area (Å²) >= 11 is 3.47. The van der Waals surface area contributed by atoms with E-state index in [2.05, 4.69) is 48.5 Å². The molecular weight excluding hydrogens is 300 g/mol. The molecular formula is C17H27BrO. The number of allylic oxidation sites excluding steroid dienone is 3. The minimum Gasteiger partial charge on any atom is -0.299 e. The summed E-state index contributed by atoms with van der Waals surface area (Å²) in [4.78, 5) is 12.3. The molecule has 0 amide bonds. The fourth-order valence-corrected chi connectivity index (χ4v) is 3.85. The summed E-state index contributed by atoms with van der Waals surface area (Å²) in [5, 5.41) is 0.815. The molecule has 1 nitrogen and oxygen atoms in total. The van der Waals surface area contributed by atoms with Crippen LogP contribution in [0.4, 0.5) is 0 Å². The van der Waals surface area contributed by atoms with Gasteiger partial charge in [0.05, 0.1) is 0 Å². The molecule has 0 aromatic carbocycles. The van der Waals surface area contributed by atoms with Crippen molar-refractivity contribution in [2.45, 2.75) is 47.0 Å². The molecule has 19 heavy (non-hydrogen) atoms. The molecule has 2 aliphatic carbocycles. The van der Waals surface area contributed by atoms with Crippen molar-refractivity contribution in [1.82, 2.24) is 0 Å². The maximum atomic E-state index is 12.3. The van der Waals surface area contributed by atoms with Crippen LogP contribution in [0.25, 0.3) is 0 Å². The number of rotatable bonds is 2. The largest absolute Gasteiger partial charge is 0.299 e. The van der Waals surface area contributed by atoms with E-state index in [4.69, 9.17) is 0 Å². The maximum Gasteiger partial charge on any atom is 0.140 e. The van der Waals surface area contributed by atoms with E-state index >= 15 is 0 Å². The number of halogens is 1. The molecule has 0 bridgehead atoms. The van der Waals surface area contributed by atoms with Gasteiger partial charge in [0, 0.05) is 17.7 Å². The predicted molar refractivity (Wildman–Crippen MR) is 86.5 cm³/mol. The van der Waals surface area contributed by atoms with E-state index < -0.39 is 0 Å². The summed E-state index contributed by atoms with van der Waals surface area (Å²) in [6.07, 6.45) is 7.24. The van der Waals surface area contributed by atoms with Gasteiger partial charge in [0.15, 0.2) is 0 Å². The van der Waals surface area contributed by atoms with E-state index in [1.54, 1.807) is 0 Å². The van der Waals surface area contributed by atoms with Gasteiger partial charge < -0.3 is 0 Å². The standard InChI is InChI=1S/C15H21BrO.C2H6/c1-10(9-16)12-7-14(17)13-6-4-5-11(2)15(13,3)8-12;1-2/h4,6,11-13H,1,5,7-9H2,2-3H3;1-2H3. The molecule has 0 N–H and O–H groups in total. The number of carbonyl (C=O) groups is 1. The lowest BCUT2D eigenvalue weighted by Gasteiger charge is -2.48. The van der Waals surface area contributed by atoms with Crippen molar-refractivity contribution in [1.29, 1.82) is 0 Å². The molecule has 0 heterocycles. The third kappa shape index (κ3) is 3.21. The van der Waals surface area contributed by atoms with Crippen LogP contribution in [-0.4, -0.2) is 11.1 Å². The van der Waals surface area contributed by atoms with E-state index in [1.165, 1.54) is 5.57 Å². The van der Waals surface area contributed by atoms with E-state index in [0.29, 0.717) is 24.0 Å². The summed E-state index contributed by atoms with van der Waals surface area (Å²) in [5.41, 5.74) is 1.32. The SMILES string of the molecule is C=C(CBr)C1CC(=O)C2C=CCC(C)C2(C)C1.CC. The zero-order valence-corrected chi connectivity index (χ0v) is 14.3. The molecule has 1 fully saturated rings. The summed E-state index contributed by atoms with van der Waals surface area (Å²) in [7, 11) is 0. The Hall–Kier alpha value is -0.370. The smallest absolute Gasteiger partial charge is 0.140 e. The van der Waals surface area contributed by atoms with E-state index in [1.807, 2.05) is 13.8 Å². The predicted octanol–water partition coefficient (Wildman–Crippen LogP) is 5.16. The van der Waals surface area contributed by atoms with Crippen molar-refractivity contribution in [2.75, 3.05) is 5.33 Å². The lowest BCUT2D eigenvalue weighted by molar-refractivity contribution is -0.131. The topological polar surface area (TPSA) is 17.1 Å². The summed E-state index contributed by atoms with van der Waals surface area (Å²) < 4.78 is 0. The molecule has 2 rings (SSSR count). The second-order valence-corrected chi connectivity index (χ2v) is 6.47. The minimum atomic E-state index is 0.139. The monoisotopic (exact) mass is 326 g/mol. The second-order valence-electron chi connectivity index (χ2n) is 5.91. The van der Waals surface area contributed by atoms with Gasteiger partial charge in [-0.15, -0.1) is 0 Å². The first-order chi connectivity index (χ1) is 8.99. The van der Waals surface area contributed by atoms with Crippen LogP contribution in [-0.2, 0) is 4.79 Å². The zero-order valence-electron chi connectivity index (χ0n) is 12.7. The van der Waals surface area contributed by atoms with Crippen molar-refractivity contribution in [3.05, 3.63) is 24.3 Å². The molecule has 0 aromatic rings. The third-order valence-electron chi connectivity index (χ3n) is 4.88. The second kappa shape index (κ2) is 6.88. The number of ketones is 1. The normalized spacial score (nSPS) is 37.1. The number of hydrogen-bond donors (Lipinski definition) is 0. The molecule has 0 radical (unpaired) electrons. The van der Waals surface area contributed by atoms with Crippen LogP contribution in [0.2, 0.25) is 0 Å². The first-order valence-corrected chi connectivity index (χ1v) is 8.54. The van der Waals surface area contributed by atoms with Gasteiger partial charge in [0.1, 0.15) is 5.78 Å². The van der Waals surface area contributed by atoms with Gasteiger partial charge in [0.25, 0.3) is 0 Å². The quantitative estimate of drug-likeness (QED) is 0.506. The van der Waals surface area contributed by atoms with Crippen LogP contribution in [0.3, 0.4) is 0 Å². The maximum absolute atomic E-state index is 12.3. The molecule has 4 atom stereocenters. The van der Waals surface area contributed by atoms with E-state index in [-0.39, 0.29) is 11.3 Å². The minimum absolute atomic E-state index is 0.139. The molecule has 0 saturated heterocycles. The number of Topliss-reactive ketones (excluding diaryl/α,β-unsaturated/α-hetero) is 1. The van der Waals surface area contributed by atoms with Crippen LogP contribution in [0.15, 0.2) is 24.3 Å². The van der Waals surface area contributed by atoms with E-state index in [0.717, 1.165) is 18.2 Å². The lowest BCUT2D eigenvalue weighted by Crippen LogP contribution is -2.46. The molecule has 1 saturated carbocycles. The van der Waals surface area contributed by atoms with Crippen molar-refractivity contribution in [3.8, 4) is 0 Å². The average Bonchev–Trinajstić information content (AvgIpc) is 2.42. The number of carbonyl (C=O) groups excluding carboxylic acids is 1. The van der Waals surface area contributed by atoms with Crippen LogP contribution < -0.4 is 0 Å². The Morgan fingerprint density at radius 3 is 2.74 bits per heavy atom. The van der Waals surface area contributed by atoms with Gasteiger partial charge in [-0.05, 0) is 30.1 Å². The van der Waals surface area contributed by atoms with Crippen molar-refractivity contribution < 1.29 is 4.79 Å². The summed E-state index contributed by atoms with van der Waals surface area (Å²) in [6, 6.07) is 0. The molecule has 4 unspecified atom stereocenters. The van der Waals surface area contributed by atoms with Gasteiger partial charge in [0.2, 0.25) is 0 Å². The highest BCUT2D eigenvalue weighted by Gasteiger charge is 2.48. The molecule has 2 aliphatic rings. The molecule has 2 heteroatoms. The number of hydrogen-bond acceptors (Lipinski definition) is 1. The zero-order chi connectivity index (χ0) is 14.6. The van der Waals surface area contributed by atoms with Crippen molar-refractivity contribution >= 4 is 21.7 Å². The lowest BCUT2D eigenvalue weighted by atomic mass is 9.55. The highest BCUT2D eigenvalue weighted by Crippen LogP contribution is 2.52. The van der Waals surface area contributed by atoms with Gasteiger partial charge >= 0.3 is 0 Å². The van der Waals surface area contributed by atoms with Crippen LogP contribution >= 0.6 is 15.9 Å². The Morgan fingerprint density at radius 1 is 1.53 bits per heavy atom. The average molecular weight is 327 g/mol. The fourth-order valence-electron chi connectivity index (χ4n) is 3.39. The van der Waals surface area contributed by atoms with Crippen LogP contribution in [0.1, 0.15) is 47.0 Å². The Bertz CT molecular complexity index is 371. The summed E-state index contributed by atoms with van der Waals surface area (Å²) in [6.45, 7) is 12.7. The number of alkyl halides is 1. The molecule has 108 valence electrons. The molecule has 0 spiro atoms. The Kier molecular flexibility index (Phi) is 6.04. The highest BCUT2D eigenvalue weighted by atomic mass is 79.9. The first kappa shape index (κ1) is 16.7. The van der Waals surface area contributed by atoms with Crippen LogP contribution in [0.5, 0.6) is 0 Å². The fraction of sp³-hybridized carbons (Fsp3) is 0.706.